The summed E-state index contributed by atoms with van der Waals surface area (Å²) in [6.45, 7) is 4.24. The SMILES string of the molecule is CCC(CC)N(CCO)C(=O)C1(C(N)=NO)CC1. The number of nitrogens with two attached hydrogens (primary N) is 1. The van der Waals surface area contributed by atoms with Gasteiger partial charge in [-0.1, -0.05) is 19.0 Å². The number of rotatable bonds is 7. The third-order valence-corrected chi connectivity index (χ3v) is 3.74. The van der Waals surface area contributed by atoms with Crippen molar-refractivity contribution in [2.24, 2.45) is 16.3 Å². The second-order valence-corrected chi connectivity index (χ2v) is 4.76. The fourth-order valence-electron chi connectivity index (χ4n) is 2.36. The first kappa shape index (κ1) is 14.8. The molecule has 18 heavy (non-hydrogen) atoms. The quantitative estimate of drug-likeness (QED) is 0.268. The topological polar surface area (TPSA) is 99.2 Å². The van der Waals surface area contributed by atoms with E-state index < -0.39 is 5.41 Å². The number of hydrogen-bond donors (Lipinski definition) is 3. The number of aliphatic hydroxyl groups excluding tert-OH is 1. The Hall–Kier alpha value is -1.30. The molecule has 0 heterocycles. The minimum Gasteiger partial charge on any atom is -0.409 e. The fraction of sp³-hybridized carbons (Fsp3) is 0.833. The van der Waals surface area contributed by atoms with Gasteiger partial charge in [-0.05, 0) is 25.7 Å². The van der Waals surface area contributed by atoms with E-state index >= 15 is 0 Å². The average Bonchev–Trinajstić information content (AvgIpc) is 3.18. The van der Waals surface area contributed by atoms with E-state index in [-0.39, 0.29) is 24.4 Å². The standard InChI is InChI=1S/C12H23N3O3/c1-3-9(4-2)15(7-8-16)11(17)12(5-6-12)10(13)14-18/h9,16,18H,3-8H2,1-2H3,(H2,13,14). The van der Waals surface area contributed by atoms with Crippen LogP contribution in [0.1, 0.15) is 39.5 Å². The van der Waals surface area contributed by atoms with Gasteiger partial charge in [-0.15, -0.1) is 0 Å². The highest BCUT2D eigenvalue weighted by molar-refractivity contribution is 6.09. The molecule has 1 amide bonds. The summed E-state index contributed by atoms with van der Waals surface area (Å²) < 4.78 is 0. The molecule has 0 aromatic heterocycles. The van der Waals surface area contributed by atoms with Crippen LogP contribution >= 0.6 is 0 Å². The van der Waals surface area contributed by atoms with Gasteiger partial charge in [0.15, 0.2) is 5.84 Å². The fourth-order valence-corrected chi connectivity index (χ4v) is 2.36. The molecular formula is C12H23N3O3. The largest absolute Gasteiger partial charge is 0.409 e. The summed E-state index contributed by atoms with van der Waals surface area (Å²) in [6, 6.07) is 0.0913. The Morgan fingerprint density at radius 1 is 1.44 bits per heavy atom. The van der Waals surface area contributed by atoms with E-state index in [2.05, 4.69) is 5.16 Å². The maximum atomic E-state index is 12.5. The number of oxime groups is 1. The summed E-state index contributed by atoms with van der Waals surface area (Å²) in [5.41, 5.74) is 4.79. The van der Waals surface area contributed by atoms with Gasteiger partial charge >= 0.3 is 0 Å². The molecule has 104 valence electrons. The lowest BCUT2D eigenvalue weighted by molar-refractivity contribution is -0.137. The number of amidine groups is 1. The highest BCUT2D eigenvalue weighted by Gasteiger charge is 2.56. The smallest absolute Gasteiger partial charge is 0.236 e. The summed E-state index contributed by atoms with van der Waals surface area (Å²) >= 11 is 0. The minimum absolute atomic E-state index is 0.0126. The van der Waals surface area contributed by atoms with Crippen molar-refractivity contribution in [1.29, 1.82) is 0 Å². The molecule has 0 radical (unpaired) electrons. The number of aliphatic hydroxyl groups is 1. The predicted molar refractivity (Wildman–Crippen MR) is 68.2 cm³/mol. The van der Waals surface area contributed by atoms with Crippen molar-refractivity contribution in [3.63, 3.8) is 0 Å². The Morgan fingerprint density at radius 3 is 2.33 bits per heavy atom. The highest BCUT2D eigenvalue weighted by atomic mass is 16.4. The highest BCUT2D eigenvalue weighted by Crippen LogP contribution is 2.47. The number of carbonyl (C=O) groups is 1. The minimum atomic E-state index is -0.827. The van der Waals surface area contributed by atoms with Gasteiger partial charge < -0.3 is 20.9 Å². The Kier molecular flexibility index (Phi) is 4.95. The van der Waals surface area contributed by atoms with Crippen LogP contribution < -0.4 is 5.73 Å². The van der Waals surface area contributed by atoms with Gasteiger partial charge in [-0.25, -0.2) is 0 Å². The molecule has 0 atom stereocenters. The number of amides is 1. The predicted octanol–water partition coefficient (Wildman–Crippen LogP) is 0.523. The lowest BCUT2D eigenvalue weighted by Crippen LogP contribution is -2.49. The zero-order valence-electron chi connectivity index (χ0n) is 11.1. The first-order chi connectivity index (χ1) is 8.57. The van der Waals surface area contributed by atoms with E-state index in [4.69, 9.17) is 16.0 Å². The van der Waals surface area contributed by atoms with Crippen molar-refractivity contribution in [2.45, 2.75) is 45.6 Å². The van der Waals surface area contributed by atoms with E-state index in [1.54, 1.807) is 4.90 Å². The van der Waals surface area contributed by atoms with Crippen molar-refractivity contribution < 1.29 is 15.1 Å². The van der Waals surface area contributed by atoms with Crippen LogP contribution in [0.5, 0.6) is 0 Å². The molecule has 0 saturated heterocycles. The van der Waals surface area contributed by atoms with Gasteiger partial charge in [-0.3, -0.25) is 4.79 Å². The molecule has 1 aliphatic rings. The molecule has 6 heteroatoms. The van der Waals surface area contributed by atoms with E-state index in [9.17, 15) is 4.79 Å². The maximum Gasteiger partial charge on any atom is 0.236 e. The summed E-state index contributed by atoms with van der Waals surface area (Å²) in [5.74, 6) is -0.137. The van der Waals surface area contributed by atoms with Crippen LogP contribution in [0.15, 0.2) is 5.16 Å². The molecule has 0 spiro atoms. The zero-order valence-corrected chi connectivity index (χ0v) is 11.1. The molecule has 0 aliphatic heterocycles. The Balaban J connectivity index is 2.90. The van der Waals surface area contributed by atoms with Crippen LogP contribution in [0.25, 0.3) is 0 Å². The van der Waals surface area contributed by atoms with Crippen molar-refractivity contribution in [3.8, 4) is 0 Å². The molecule has 4 N–H and O–H groups in total. The Morgan fingerprint density at radius 2 is 2.00 bits per heavy atom. The Labute approximate surface area is 107 Å². The van der Waals surface area contributed by atoms with E-state index in [0.717, 1.165) is 12.8 Å². The van der Waals surface area contributed by atoms with Gasteiger partial charge in [0.2, 0.25) is 5.91 Å². The van der Waals surface area contributed by atoms with Crippen LogP contribution in [0.3, 0.4) is 0 Å². The van der Waals surface area contributed by atoms with Crippen LogP contribution in [-0.4, -0.2) is 46.1 Å². The summed E-state index contributed by atoms with van der Waals surface area (Å²) in [4.78, 5) is 14.2. The summed E-state index contributed by atoms with van der Waals surface area (Å²) in [6.07, 6.45) is 2.89. The van der Waals surface area contributed by atoms with Gasteiger partial charge in [0.05, 0.1) is 6.61 Å². The van der Waals surface area contributed by atoms with Crippen LogP contribution in [0.2, 0.25) is 0 Å². The first-order valence-electron chi connectivity index (χ1n) is 6.47. The normalized spacial score (nSPS) is 17.9. The Bertz CT molecular complexity index is 323. The molecule has 1 saturated carbocycles. The van der Waals surface area contributed by atoms with E-state index in [1.807, 2.05) is 13.8 Å². The molecule has 1 fully saturated rings. The van der Waals surface area contributed by atoms with E-state index in [0.29, 0.717) is 19.4 Å². The summed E-state index contributed by atoms with van der Waals surface area (Å²) in [5, 5.41) is 20.9. The van der Waals surface area contributed by atoms with Crippen molar-refractivity contribution in [1.82, 2.24) is 4.90 Å². The molecule has 0 aromatic rings. The molecule has 1 aliphatic carbocycles. The van der Waals surface area contributed by atoms with Crippen LogP contribution in [-0.2, 0) is 4.79 Å². The van der Waals surface area contributed by atoms with Gasteiger partial charge in [-0.2, -0.15) is 0 Å². The lowest BCUT2D eigenvalue weighted by atomic mass is 10.0. The molecule has 0 aromatic carbocycles. The summed E-state index contributed by atoms with van der Waals surface area (Å²) in [7, 11) is 0. The molecule has 0 unspecified atom stereocenters. The second kappa shape index (κ2) is 6.04. The van der Waals surface area contributed by atoms with E-state index in [1.165, 1.54) is 0 Å². The monoisotopic (exact) mass is 257 g/mol. The average molecular weight is 257 g/mol. The number of hydrogen-bond acceptors (Lipinski definition) is 4. The second-order valence-electron chi connectivity index (χ2n) is 4.76. The third-order valence-electron chi connectivity index (χ3n) is 3.74. The molecular weight excluding hydrogens is 234 g/mol. The third kappa shape index (κ3) is 2.58. The number of carbonyl (C=O) groups excluding carboxylic acids is 1. The van der Waals surface area contributed by atoms with Crippen LogP contribution in [0.4, 0.5) is 0 Å². The van der Waals surface area contributed by atoms with Crippen molar-refractivity contribution >= 4 is 11.7 Å². The van der Waals surface area contributed by atoms with Crippen molar-refractivity contribution in [3.05, 3.63) is 0 Å². The first-order valence-corrected chi connectivity index (χ1v) is 6.47. The molecule has 6 nitrogen and oxygen atoms in total. The lowest BCUT2D eigenvalue weighted by Gasteiger charge is -2.33. The van der Waals surface area contributed by atoms with Gasteiger partial charge in [0, 0.05) is 12.6 Å². The van der Waals surface area contributed by atoms with Gasteiger partial charge in [0.25, 0.3) is 0 Å². The maximum absolute atomic E-state index is 12.5. The molecule has 1 rings (SSSR count). The van der Waals surface area contributed by atoms with Crippen molar-refractivity contribution in [2.75, 3.05) is 13.2 Å². The van der Waals surface area contributed by atoms with Crippen LogP contribution in [0, 0.1) is 5.41 Å². The molecule has 0 bridgehead atoms. The van der Waals surface area contributed by atoms with Gasteiger partial charge in [0.1, 0.15) is 5.41 Å². The zero-order chi connectivity index (χ0) is 13.8. The number of nitrogens with zero attached hydrogens (tertiary/aromatic N) is 2.